The molecule has 220 valence electrons. The van der Waals surface area contributed by atoms with Gasteiger partial charge in [-0.05, 0) is 60.2 Å². The van der Waals surface area contributed by atoms with Gasteiger partial charge in [0.2, 0.25) is 17.6 Å². The van der Waals surface area contributed by atoms with Crippen LogP contribution in [0.3, 0.4) is 0 Å². The van der Waals surface area contributed by atoms with Crippen LogP contribution >= 0.6 is 11.3 Å². The molecule has 0 radical (unpaired) electrons. The Balaban J connectivity index is 1.34. The average molecular weight is 582 g/mol. The Labute approximate surface area is 244 Å². The highest BCUT2D eigenvalue weighted by atomic mass is 32.1. The van der Waals surface area contributed by atoms with Gasteiger partial charge in [-0.3, -0.25) is 14.5 Å². The van der Waals surface area contributed by atoms with Gasteiger partial charge in [0.1, 0.15) is 18.3 Å². The minimum absolute atomic E-state index is 0.112. The normalized spacial score (nSPS) is 17.2. The maximum absolute atomic E-state index is 13.9. The quantitative estimate of drug-likeness (QED) is 0.347. The number of benzene rings is 1. The van der Waals surface area contributed by atoms with Crippen molar-refractivity contribution < 1.29 is 19.1 Å². The molecule has 1 aliphatic carbocycles. The van der Waals surface area contributed by atoms with Gasteiger partial charge in [-0.1, -0.05) is 25.3 Å². The van der Waals surface area contributed by atoms with Crippen LogP contribution in [-0.2, 0) is 20.9 Å². The molecule has 1 N–H and O–H groups in total. The number of ether oxygens (including phenoxy) is 2. The Hall–Kier alpha value is -3.35. The molecule has 3 heterocycles. The molecule has 0 spiro atoms. The van der Waals surface area contributed by atoms with Crippen molar-refractivity contribution in [3.8, 4) is 17.1 Å². The average Bonchev–Trinajstić information content (AvgIpc) is 3.71. The number of morpholine rings is 1. The number of hydrogen-bond donors (Lipinski definition) is 1. The maximum Gasteiger partial charge on any atom is 0.248 e. The maximum atomic E-state index is 13.9. The van der Waals surface area contributed by atoms with E-state index < -0.39 is 6.04 Å². The minimum Gasteiger partial charge on any atom is -0.497 e. The first kappa shape index (κ1) is 29.2. The molecular formula is C29H39N7O4S. The molecule has 1 aliphatic heterocycles. The molecule has 12 heteroatoms. The topological polar surface area (TPSA) is 115 Å². The standard InChI is InChI=1S/C29H39N7O4S/c1-39-24-12-10-22(11-13-24)28-31-33-36(32-28)21-26(37)35(15-6-14-34-16-18-40-19-17-34)27(25-9-5-20-41-25)29(38)30-23-7-3-2-4-8-23/h5,9-13,20,23,27H,2-4,6-8,14-19,21H2,1H3,(H,30,38). The number of nitrogens with zero attached hydrogens (tertiary/aromatic N) is 6. The van der Waals surface area contributed by atoms with Crippen molar-refractivity contribution in [3.05, 3.63) is 46.7 Å². The van der Waals surface area contributed by atoms with Gasteiger partial charge >= 0.3 is 0 Å². The molecule has 5 rings (SSSR count). The number of aromatic nitrogens is 4. The van der Waals surface area contributed by atoms with Crippen LogP contribution in [0.15, 0.2) is 41.8 Å². The second-order valence-corrected chi connectivity index (χ2v) is 11.5. The number of methoxy groups -OCH3 is 1. The van der Waals surface area contributed by atoms with Gasteiger partial charge in [-0.25, -0.2) is 0 Å². The van der Waals surface area contributed by atoms with E-state index in [1.165, 1.54) is 22.6 Å². The summed E-state index contributed by atoms with van der Waals surface area (Å²) in [5, 5.41) is 18.0. The lowest BCUT2D eigenvalue weighted by molar-refractivity contribution is -0.142. The minimum atomic E-state index is -0.710. The van der Waals surface area contributed by atoms with Crippen LogP contribution in [0.25, 0.3) is 11.4 Å². The molecule has 2 fully saturated rings. The third-order valence-electron chi connectivity index (χ3n) is 7.70. The molecule has 41 heavy (non-hydrogen) atoms. The van der Waals surface area contributed by atoms with Crippen LogP contribution in [0.5, 0.6) is 5.75 Å². The van der Waals surface area contributed by atoms with Gasteiger partial charge in [-0.15, -0.1) is 21.5 Å². The van der Waals surface area contributed by atoms with Crippen molar-refractivity contribution in [2.75, 3.05) is 46.5 Å². The first-order chi connectivity index (χ1) is 20.1. The largest absolute Gasteiger partial charge is 0.497 e. The number of carbonyl (C=O) groups excluding carboxylic acids is 2. The molecule has 0 bridgehead atoms. The fourth-order valence-corrected chi connectivity index (χ4v) is 6.30. The van der Waals surface area contributed by atoms with Crippen molar-refractivity contribution in [2.45, 2.75) is 57.2 Å². The molecule has 1 saturated heterocycles. The van der Waals surface area contributed by atoms with E-state index in [0.29, 0.717) is 12.4 Å². The number of amides is 2. The highest BCUT2D eigenvalue weighted by Crippen LogP contribution is 2.28. The molecule has 1 unspecified atom stereocenters. The molecule has 1 saturated carbocycles. The second-order valence-electron chi connectivity index (χ2n) is 10.5. The zero-order chi connectivity index (χ0) is 28.4. The van der Waals surface area contributed by atoms with E-state index in [4.69, 9.17) is 9.47 Å². The molecule has 11 nitrogen and oxygen atoms in total. The summed E-state index contributed by atoms with van der Waals surface area (Å²) in [7, 11) is 1.61. The zero-order valence-corrected chi connectivity index (χ0v) is 24.4. The monoisotopic (exact) mass is 581 g/mol. The van der Waals surface area contributed by atoms with Crippen LogP contribution in [0.1, 0.15) is 49.4 Å². The summed E-state index contributed by atoms with van der Waals surface area (Å²) in [5.41, 5.74) is 0.773. The Morgan fingerprint density at radius 1 is 1.15 bits per heavy atom. The molecular weight excluding hydrogens is 542 g/mol. The van der Waals surface area contributed by atoms with Crippen LogP contribution in [0, 0.1) is 0 Å². The third-order valence-corrected chi connectivity index (χ3v) is 8.62. The summed E-state index contributed by atoms with van der Waals surface area (Å²) in [5.74, 6) is 0.812. The fourth-order valence-electron chi connectivity index (χ4n) is 5.46. The Bertz CT molecular complexity index is 1240. The van der Waals surface area contributed by atoms with E-state index in [1.807, 2.05) is 41.8 Å². The molecule has 2 amide bonds. The highest BCUT2D eigenvalue weighted by molar-refractivity contribution is 7.10. The van der Waals surface area contributed by atoms with Gasteiger partial charge in [0.15, 0.2) is 0 Å². The lowest BCUT2D eigenvalue weighted by Gasteiger charge is -2.33. The number of rotatable bonds is 12. The molecule has 2 aliphatic rings. The van der Waals surface area contributed by atoms with Crippen LogP contribution in [0.2, 0.25) is 0 Å². The van der Waals surface area contributed by atoms with Crippen LogP contribution in [0.4, 0.5) is 0 Å². The summed E-state index contributed by atoms with van der Waals surface area (Å²) < 4.78 is 10.7. The van der Waals surface area contributed by atoms with Gasteiger partial charge in [-0.2, -0.15) is 4.80 Å². The van der Waals surface area contributed by atoms with Crippen molar-refractivity contribution in [1.29, 1.82) is 0 Å². The lowest BCUT2D eigenvalue weighted by atomic mass is 9.95. The Morgan fingerprint density at radius 3 is 2.63 bits per heavy atom. The van der Waals surface area contributed by atoms with Crippen LogP contribution in [-0.4, -0.2) is 94.4 Å². The zero-order valence-electron chi connectivity index (χ0n) is 23.6. The SMILES string of the molecule is COc1ccc(-c2nnn(CC(=O)N(CCCN3CCOCC3)C(C(=O)NC3CCCCC3)c3cccs3)n2)cc1. The highest BCUT2D eigenvalue weighted by Gasteiger charge is 2.34. The van der Waals surface area contributed by atoms with E-state index in [2.05, 4.69) is 25.6 Å². The predicted octanol–water partition coefficient (Wildman–Crippen LogP) is 3.15. The van der Waals surface area contributed by atoms with Gasteiger partial charge in [0.05, 0.1) is 20.3 Å². The number of thiophene rings is 1. The van der Waals surface area contributed by atoms with Crippen molar-refractivity contribution in [2.24, 2.45) is 0 Å². The summed E-state index contributed by atoms with van der Waals surface area (Å²) >= 11 is 1.50. The van der Waals surface area contributed by atoms with Crippen molar-refractivity contribution >= 4 is 23.2 Å². The number of carbonyl (C=O) groups is 2. The fraction of sp³-hybridized carbons (Fsp3) is 0.552. The van der Waals surface area contributed by atoms with E-state index in [-0.39, 0.29) is 24.4 Å². The third kappa shape index (κ3) is 7.90. The van der Waals surface area contributed by atoms with Gasteiger partial charge in [0.25, 0.3) is 0 Å². The first-order valence-corrected chi connectivity index (χ1v) is 15.3. The van der Waals surface area contributed by atoms with E-state index >= 15 is 0 Å². The molecule has 1 atom stereocenters. The molecule has 1 aromatic carbocycles. The number of nitrogens with one attached hydrogen (secondary N) is 1. The first-order valence-electron chi connectivity index (χ1n) is 14.5. The van der Waals surface area contributed by atoms with Gasteiger partial charge < -0.3 is 19.7 Å². The predicted molar refractivity (Wildman–Crippen MR) is 155 cm³/mol. The summed E-state index contributed by atoms with van der Waals surface area (Å²) in [6, 6.07) is 10.7. The van der Waals surface area contributed by atoms with E-state index in [0.717, 1.165) is 81.1 Å². The number of hydrogen-bond acceptors (Lipinski definition) is 9. The molecule has 2 aromatic heterocycles. The van der Waals surface area contributed by atoms with Crippen molar-refractivity contribution in [1.82, 2.24) is 35.3 Å². The van der Waals surface area contributed by atoms with Crippen LogP contribution < -0.4 is 10.1 Å². The summed E-state index contributed by atoms with van der Waals surface area (Å²) in [6.45, 7) is 4.36. The summed E-state index contributed by atoms with van der Waals surface area (Å²) in [4.78, 5) is 34.0. The second kappa shape index (κ2) is 14.5. The Morgan fingerprint density at radius 2 is 1.93 bits per heavy atom. The van der Waals surface area contributed by atoms with E-state index in [9.17, 15) is 9.59 Å². The van der Waals surface area contributed by atoms with Gasteiger partial charge in [0, 0.05) is 42.7 Å². The van der Waals surface area contributed by atoms with Crippen molar-refractivity contribution in [3.63, 3.8) is 0 Å². The number of tetrazole rings is 1. The lowest BCUT2D eigenvalue weighted by Crippen LogP contribution is -2.48. The van der Waals surface area contributed by atoms with E-state index in [1.54, 1.807) is 12.0 Å². The summed E-state index contributed by atoms with van der Waals surface area (Å²) in [6.07, 6.45) is 6.13. The Kier molecular flexibility index (Phi) is 10.3. The molecule has 3 aromatic rings. The smallest absolute Gasteiger partial charge is 0.248 e.